The number of ether oxygens (including phenoxy) is 1. The molecule has 1 amide bonds. The van der Waals surface area contributed by atoms with Crippen molar-refractivity contribution in [1.82, 2.24) is 9.21 Å². The second-order valence-electron chi connectivity index (χ2n) is 8.39. The molecule has 1 saturated carbocycles. The predicted octanol–water partition coefficient (Wildman–Crippen LogP) is 3.13. The third-order valence-electron chi connectivity index (χ3n) is 6.28. The zero-order valence-corrected chi connectivity index (χ0v) is 19.2. The van der Waals surface area contributed by atoms with Crippen LogP contribution in [0.25, 0.3) is 0 Å². The van der Waals surface area contributed by atoms with Gasteiger partial charge in [-0.15, -0.1) is 0 Å². The summed E-state index contributed by atoms with van der Waals surface area (Å²) in [6.45, 7) is 3.53. The Hall–Kier alpha value is -1.93. The van der Waals surface area contributed by atoms with Crippen molar-refractivity contribution in [2.75, 3.05) is 26.2 Å². The van der Waals surface area contributed by atoms with E-state index in [1.54, 1.807) is 24.3 Å². The third kappa shape index (κ3) is 6.29. The summed E-state index contributed by atoms with van der Waals surface area (Å²) in [6, 6.07) is 6.94. The van der Waals surface area contributed by atoms with Crippen LogP contribution >= 0.6 is 0 Å². The topological polar surface area (TPSA) is 84.0 Å². The molecule has 1 aromatic rings. The highest BCUT2D eigenvalue weighted by molar-refractivity contribution is 7.89. The lowest BCUT2D eigenvalue weighted by Crippen LogP contribution is -2.43. The fourth-order valence-electron chi connectivity index (χ4n) is 4.48. The summed E-state index contributed by atoms with van der Waals surface area (Å²) >= 11 is 0. The van der Waals surface area contributed by atoms with Crippen LogP contribution in [0.1, 0.15) is 63.9 Å². The maximum atomic E-state index is 12.6. The van der Waals surface area contributed by atoms with Gasteiger partial charge in [0.1, 0.15) is 0 Å². The van der Waals surface area contributed by atoms with Crippen LogP contribution in [0.2, 0.25) is 0 Å². The molecular formula is C23H34N2O5S. The first kappa shape index (κ1) is 23.7. The highest BCUT2D eigenvalue weighted by atomic mass is 32.2. The van der Waals surface area contributed by atoms with E-state index in [0.717, 1.165) is 44.1 Å². The van der Waals surface area contributed by atoms with Crippen molar-refractivity contribution in [2.24, 2.45) is 0 Å². The van der Waals surface area contributed by atoms with Crippen LogP contribution in [0.5, 0.6) is 0 Å². The second kappa shape index (κ2) is 11.1. The lowest BCUT2D eigenvalue weighted by Gasteiger charge is -2.33. The van der Waals surface area contributed by atoms with Crippen LogP contribution < -0.4 is 0 Å². The van der Waals surface area contributed by atoms with Crippen LogP contribution in [0.3, 0.4) is 0 Å². The Labute approximate surface area is 185 Å². The molecule has 2 fully saturated rings. The van der Waals surface area contributed by atoms with Crippen LogP contribution in [0.4, 0.5) is 0 Å². The van der Waals surface area contributed by atoms with Crippen LogP contribution in [-0.2, 0) is 30.8 Å². The minimum Gasteiger partial charge on any atom is -0.456 e. The van der Waals surface area contributed by atoms with Gasteiger partial charge in [0.2, 0.25) is 10.0 Å². The number of hydrogen-bond donors (Lipinski definition) is 0. The monoisotopic (exact) mass is 450 g/mol. The highest BCUT2D eigenvalue weighted by Crippen LogP contribution is 2.23. The van der Waals surface area contributed by atoms with Gasteiger partial charge in [-0.05, 0) is 56.7 Å². The summed E-state index contributed by atoms with van der Waals surface area (Å²) in [5.41, 5.74) is 0.862. The van der Waals surface area contributed by atoms with E-state index in [1.165, 1.54) is 10.7 Å². The summed E-state index contributed by atoms with van der Waals surface area (Å²) in [6.07, 6.45) is 7.96. The fraction of sp³-hybridized carbons (Fsp3) is 0.652. The Balaban J connectivity index is 1.44. The van der Waals surface area contributed by atoms with Gasteiger partial charge in [0.25, 0.3) is 5.91 Å². The van der Waals surface area contributed by atoms with Gasteiger partial charge in [-0.2, -0.15) is 4.31 Å². The first-order valence-electron chi connectivity index (χ1n) is 11.5. The van der Waals surface area contributed by atoms with E-state index in [2.05, 4.69) is 0 Å². The quantitative estimate of drug-likeness (QED) is 0.540. The van der Waals surface area contributed by atoms with Gasteiger partial charge < -0.3 is 9.64 Å². The molecule has 0 bridgehead atoms. The standard InChI is InChI=1S/C23H34N2O5S/c1-2-25(20-8-4-3-5-9-20)22(26)18-30-23(27)15-12-19-10-13-21(14-11-19)31(28,29)24-16-6-7-17-24/h10-11,13-14,20H,2-9,12,15-18H2,1H3. The number of carbonyl (C=O) groups is 2. The van der Waals surface area contributed by atoms with Gasteiger partial charge in [0.15, 0.2) is 6.61 Å². The molecule has 1 saturated heterocycles. The van der Waals surface area contributed by atoms with Crippen LogP contribution in [0, 0.1) is 0 Å². The van der Waals surface area contributed by atoms with Gasteiger partial charge in [-0.25, -0.2) is 8.42 Å². The number of carbonyl (C=O) groups excluding carboxylic acids is 2. The molecule has 7 nitrogen and oxygen atoms in total. The van der Waals surface area contributed by atoms with E-state index in [9.17, 15) is 18.0 Å². The second-order valence-corrected chi connectivity index (χ2v) is 10.3. The summed E-state index contributed by atoms with van der Waals surface area (Å²) < 4.78 is 31.9. The molecule has 1 heterocycles. The molecule has 0 radical (unpaired) electrons. The normalized spacial score (nSPS) is 18.1. The van der Waals surface area contributed by atoms with Gasteiger partial charge in [-0.3, -0.25) is 9.59 Å². The maximum Gasteiger partial charge on any atom is 0.306 e. The number of amides is 1. The first-order valence-corrected chi connectivity index (χ1v) is 12.9. The summed E-state index contributed by atoms with van der Waals surface area (Å²) in [7, 11) is -3.43. The fourth-order valence-corrected chi connectivity index (χ4v) is 6.00. The van der Waals surface area contributed by atoms with Crippen molar-refractivity contribution >= 4 is 21.9 Å². The average molecular weight is 451 g/mol. The minimum absolute atomic E-state index is 0.126. The molecule has 8 heteroatoms. The smallest absolute Gasteiger partial charge is 0.306 e. The van der Waals surface area contributed by atoms with Gasteiger partial charge in [0, 0.05) is 32.1 Å². The molecule has 0 atom stereocenters. The zero-order chi connectivity index (χ0) is 22.3. The number of benzene rings is 1. The molecule has 0 unspecified atom stereocenters. The van der Waals surface area contributed by atoms with E-state index < -0.39 is 16.0 Å². The molecular weight excluding hydrogens is 416 g/mol. The molecule has 1 aromatic carbocycles. The molecule has 172 valence electrons. The molecule has 3 rings (SSSR count). The van der Waals surface area contributed by atoms with Crippen molar-refractivity contribution in [3.8, 4) is 0 Å². The van der Waals surface area contributed by atoms with E-state index in [4.69, 9.17) is 4.74 Å². The molecule has 1 aliphatic carbocycles. The van der Waals surface area contributed by atoms with E-state index in [1.807, 2.05) is 11.8 Å². The van der Waals surface area contributed by atoms with E-state index in [-0.39, 0.29) is 29.9 Å². The Morgan fingerprint density at radius 2 is 1.68 bits per heavy atom. The Morgan fingerprint density at radius 3 is 2.29 bits per heavy atom. The number of aryl methyl sites for hydroxylation is 1. The van der Waals surface area contributed by atoms with E-state index in [0.29, 0.717) is 26.1 Å². The van der Waals surface area contributed by atoms with Gasteiger partial charge >= 0.3 is 5.97 Å². The summed E-state index contributed by atoms with van der Waals surface area (Å²) in [5, 5.41) is 0. The van der Waals surface area contributed by atoms with E-state index >= 15 is 0 Å². The van der Waals surface area contributed by atoms with Gasteiger partial charge in [-0.1, -0.05) is 31.4 Å². The number of rotatable bonds is 9. The summed E-state index contributed by atoms with van der Waals surface area (Å²) in [4.78, 5) is 26.7. The Bertz CT molecular complexity index is 841. The van der Waals surface area contributed by atoms with Crippen molar-refractivity contribution in [2.45, 2.75) is 75.6 Å². The molecule has 1 aliphatic heterocycles. The first-order chi connectivity index (χ1) is 14.9. The SMILES string of the molecule is CCN(C(=O)COC(=O)CCc1ccc(S(=O)(=O)N2CCCC2)cc1)C1CCCCC1. The Kier molecular flexibility index (Phi) is 8.49. The number of esters is 1. The third-order valence-corrected chi connectivity index (χ3v) is 8.19. The lowest BCUT2D eigenvalue weighted by atomic mass is 9.94. The van der Waals surface area contributed by atoms with Crippen LogP contribution in [0.15, 0.2) is 29.2 Å². The number of hydrogen-bond acceptors (Lipinski definition) is 5. The zero-order valence-electron chi connectivity index (χ0n) is 18.4. The van der Waals surface area contributed by atoms with Crippen molar-refractivity contribution in [3.63, 3.8) is 0 Å². The summed E-state index contributed by atoms with van der Waals surface area (Å²) in [5.74, 6) is -0.541. The highest BCUT2D eigenvalue weighted by Gasteiger charge is 2.27. The molecule has 0 N–H and O–H groups in total. The predicted molar refractivity (Wildman–Crippen MR) is 118 cm³/mol. The lowest BCUT2D eigenvalue weighted by molar-refractivity contribution is -0.153. The molecule has 0 aromatic heterocycles. The van der Waals surface area contributed by atoms with Crippen LogP contribution in [-0.4, -0.2) is 61.8 Å². The van der Waals surface area contributed by atoms with Crippen molar-refractivity contribution < 1.29 is 22.7 Å². The molecule has 2 aliphatic rings. The number of likely N-dealkylation sites (N-methyl/N-ethyl adjacent to an activating group) is 1. The largest absolute Gasteiger partial charge is 0.456 e. The minimum atomic E-state index is -3.43. The molecule has 31 heavy (non-hydrogen) atoms. The van der Waals surface area contributed by atoms with Crippen molar-refractivity contribution in [3.05, 3.63) is 29.8 Å². The number of nitrogens with zero attached hydrogens (tertiary/aromatic N) is 2. The van der Waals surface area contributed by atoms with Crippen molar-refractivity contribution in [1.29, 1.82) is 0 Å². The number of sulfonamides is 1. The molecule has 0 spiro atoms. The maximum absolute atomic E-state index is 12.6. The van der Waals surface area contributed by atoms with Gasteiger partial charge in [0.05, 0.1) is 4.90 Å². The Morgan fingerprint density at radius 1 is 1.03 bits per heavy atom. The average Bonchev–Trinajstić information content (AvgIpc) is 3.34.